The first kappa shape index (κ1) is 18.5. The molecule has 0 radical (unpaired) electrons. The van der Waals surface area contributed by atoms with Crippen molar-refractivity contribution in [2.24, 2.45) is 0 Å². The van der Waals surface area contributed by atoms with E-state index in [2.05, 4.69) is 21.4 Å². The molecule has 0 saturated heterocycles. The summed E-state index contributed by atoms with van der Waals surface area (Å²) in [5, 5.41) is 4.03. The third-order valence-corrected chi connectivity index (χ3v) is 4.58. The fraction of sp³-hybridized carbons (Fsp3) is 0.0833. The molecule has 4 aromatic rings. The van der Waals surface area contributed by atoms with Crippen molar-refractivity contribution in [3.63, 3.8) is 0 Å². The topological polar surface area (TPSA) is 56.2 Å². The number of anilines is 1. The Morgan fingerprint density at radius 1 is 1.14 bits per heavy atom. The number of allylic oxidation sites excluding steroid dienone is 1. The predicted octanol–water partition coefficient (Wildman–Crippen LogP) is 5.05. The number of pyridine rings is 1. The Morgan fingerprint density at radius 2 is 2.07 bits per heavy atom. The lowest BCUT2D eigenvalue weighted by Crippen LogP contribution is -2.12. The highest BCUT2D eigenvalue weighted by Gasteiger charge is 2.09. The van der Waals surface area contributed by atoms with E-state index in [4.69, 9.17) is 4.74 Å². The molecule has 0 aliphatic rings. The first-order valence-corrected chi connectivity index (χ1v) is 9.36. The number of hydrogen-bond acceptors (Lipinski definition) is 3. The molecule has 1 amide bonds. The number of nitrogens with one attached hydrogen (secondary N) is 1. The number of aromatic nitrogens is 2. The van der Waals surface area contributed by atoms with Crippen LogP contribution in [-0.2, 0) is 13.2 Å². The molecular weight excluding hydrogens is 362 g/mol. The molecule has 0 aliphatic heterocycles. The van der Waals surface area contributed by atoms with Gasteiger partial charge in [0, 0.05) is 52.9 Å². The highest BCUT2D eigenvalue weighted by molar-refractivity contribution is 6.05. The van der Waals surface area contributed by atoms with Gasteiger partial charge >= 0.3 is 0 Å². The molecule has 0 saturated carbocycles. The Bertz CT molecular complexity index is 1150. The van der Waals surface area contributed by atoms with Gasteiger partial charge in [0.25, 0.3) is 5.91 Å². The first-order chi connectivity index (χ1) is 14.2. The largest absolute Gasteiger partial charge is 0.489 e. The van der Waals surface area contributed by atoms with Crippen LogP contribution in [0.4, 0.5) is 5.69 Å². The number of hydrogen-bond donors (Lipinski definition) is 1. The van der Waals surface area contributed by atoms with E-state index in [9.17, 15) is 4.79 Å². The Kier molecular flexibility index (Phi) is 5.38. The summed E-state index contributed by atoms with van der Waals surface area (Å²) in [6.07, 6.45) is 7.36. The van der Waals surface area contributed by atoms with Crippen molar-refractivity contribution in [1.82, 2.24) is 9.55 Å². The van der Waals surface area contributed by atoms with Gasteiger partial charge in [-0.2, -0.15) is 0 Å². The standard InChI is InChI=1S/C24H21N3O2/c1-2-12-27-13-10-19-14-21(8-9-23(19)27)26-24(28)20-6-3-7-22(15-20)29-17-18-5-4-11-25-16-18/h2-11,13-16H,1,12,17H2,(H,26,28). The van der Waals surface area contributed by atoms with E-state index in [1.807, 2.05) is 60.8 Å². The maximum absolute atomic E-state index is 12.7. The molecule has 0 unspecified atom stereocenters. The predicted molar refractivity (Wildman–Crippen MR) is 115 cm³/mol. The van der Waals surface area contributed by atoms with Crippen molar-refractivity contribution in [2.75, 3.05) is 5.32 Å². The van der Waals surface area contributed by atoms with Gasteiger partial charge in [0.2, 0.25) is 0 Å². The molecule has 2 aromatic carbocycles. The van der Waals surface area contributed by atoms with Gasteiger partial charge in [0.15, 0.2) is 0 Å². The Hall–Kier alpha value is -3.86. The van der Waals surface area contributed by atoms with Crippen LogP contribution in [0.2, 0.25) is 0 Å². The van der Waals surface area contributed by atoms with E-state index in [-0.39, 0.29) is 5.91 Å². The lowest BCUT2D eigenvalue weighted by atomic mass is 10.2. The van der Waals surface area contributed by atoms with Gasteiger partial charge in [-0.05, 0) is 48.5 Å². The normalized spacial score (nSPS) is 10.6. The maximum atomic E-state index is 12.7. The van der Waals surface area contributed by atoms with Crippen LogP contribution in [0.25, 0.3) is 10.9 Å². The molecule has 1 N–H and O–H groups in total. The van der Waals surface area contributed by atoms with Crippen molar-refractivity contribution >= 4 is 22.5 Å². The summed E-state index contributed by atoms with van der Waals surface area (Å²) in [6.45, 7) is 4.93. The SMILES string of the molecule is C=CCn1ccc2cc(NC(=O)c3cccc(OCc4cccnc4)c3)ccc21. The van der Waals surface area contributed by atoms with Crippen molar-refractivity contribution in [3.05, 3.63) is 103 Å². The lowest BCUT2D eigenvalue weighted by Gasteiger charge is -2.09. The van der Waals surface area contributed by atoms with Crippen molar-refractivity contribution in [3.8, 4) is 5.75 Å². The van der Waals surface area contributed by atoms with Gasteiger partial charge < -0.3 is 14.6 Å². The molecule has 4 rings (SSSR count). The van der Waals surface area contributed by atoms with Crippen LogP contribution in [-0.4, -0.2) is 15.5 Å². The molecule has 144 valence electrons. The van der Waals surface area contributed by atoms with Gasteiger partial charge in [-0.25, -0.2) is 0 Å². The number of carbonyl (C=O) groups excluding carboxylic acids is 1. The van der Waals surface area contributed by atoms with Gasteiger partial charge in [-0.1, -0.05) is 18.2 Å². The Labute approximate surface area is 169 Å². The van der Waals surface area contributed by atoms with Crippen LogP contribution in [0, 0.1) is 0 Å². The minimum atomic E-state index is -0.179. The highest BCUT2D eigenvalue weighted by Crippen LogP contribution is 2.22. The zero-order chi connectivity index (χ0) is 20.1. The molecule has 0 fully saturated rings. The molecule has 29 heavy (non-hydrogen) atoms. The first-order valence-electron chi connectivity index (χ1n) is 9.36. The summed E-state index contributed by atoms with van der Waals surface area (Å²) in [5.41, 5.74) is 3.37. The fourth-order valence-corrected chi connectivity index (χ4v) is 3.16. The van der Waals surface area contributed by atoms with E-state index in [0.29, 0.717) is 17.9 Å². The van der Waals surface area contributed by atoms with Gasteiger partial charge in [0.1, 0.15) is 12.4 Å². The number of ether oxygens (including phenoxy) is 1. The maximum Gasteiger partial charge on any atom is 0.255 e. The monoisotopic (exact) mass is 383 g/mol. The van der Waals surface area contributed by atoms with Crippen LogP contribution in [0.3, 0.4) is 0 Å². The Balaban J connectivity index is 1.45. The van der Waals surface area contributed by atoms with E-state index >= 15 is 0 Å². The van der Waals surface area contributed by atoms with Gasteiger partial charge in [0.05, 0.1) is 0 Å². The summed E-state index contributed by atoms with van der Waals surface area (Å²) in [5.74, 6) is 0.458. The minimum Gasteiger partial charge on any atom is -0.489 e. The van der Waals surface area contributed by atoms with Crippen LogP contribution >= 0.6 is 0 Å². The highest BCUT2D eigenvalue weighted by atomic mass is 16.5. The molecule has 0 spiro atoms. The number of rotatable bonds is 7. The second-order valence-electron chi connectivity index (χ2n) is 6.66. The van der Waals surface area contributed by atoms with Crippen molar-refractivity contribution in [1.29, 1.82) is 0 Å². The third kappa shape index (κ3) is 4.35. The van der Waals surface area contributed by atoms with Crippen molar-refractivity contribution in [2.45, 2.75) is 13.2 Å². The molecule has 2 heterocycles. The summed E-state index contributed by atoms with van der Waals surface area (Å²) in [4.78, 5) is 16.8. The molecule has 5 heteroatoms. The van der Waals surface area contributed by atoms with E-state index in [0.717, 1.165) is 28.7 Å². The second-order valence-corrected chi connectivity index (χ2v) is 6.66. The van der Waals surface area contributed by atoms with Gasteiger partial charge in [-0.15, -0.1) is 6.58 Å². The summed E-state index contributed by atoms with van der Waals surface area (Å²) >= 11 is 0. The minimum absolute atomic E-state index is 0.179. The lowest BCUT2D eigenvalue weighted by molar-refractivity contribution is 0.102. The summed E-state index contributed by atoms with van der Waals surface area (Å²) < 4.78 is 7.89. The smallest absolute Gasteiger partial charge is 0.255 e. The van der Waals surface area contributed by atoms with E-state index in [1.54, 1.807) is 24.5 Å². The number of carbonyl (C=O) groups is 1. The van der Waals surface area contributed by atoms with Crippen molar-refractivity contribution < 1.29 is 9.53 Å². The van der Waals surface area contributed by atoms with Crippen LogP contribution in [0.15, 0.2) is 91.9 Å². The van der Waals surface area contributed by atoms with E-state index in [1.165, 1.54) is 0 Å². The molecule has 0 bridgehead atoms. The molecule has 5 nitrogen and oxygen atoms in total. The zero-order valence-corrected chi connectivity index (χ0v) is 15.9. The average molecular weight is 383 g/mol. The second kappa shape index (κ2) is 8.44. The number of nitrogens with zero attached hydrogens (tertiary/aromatic N) is 2. The zero-order valence-electron chi connectivity index (χ0n) is 15.9. The Morgan fingerprint density at radius 3 is 2.90 bits per heavy atom. The third-order valence-electron chi connectivity index (χ3n) is 4.58. The van der Waals surface area contributed by atoms with Crippen LogP contribution < -0.4 is 10.1 Å². The van der Waals surface area contributed by atoms with Crippen LogP contribution in [0.5, 0.6) is 5.75 Å². The number of benzene rings is 2. The molecule has 0 atom stereocenters. The average Bonchev–Trinajstić information content (AvgIpc) is 3.15. The summed E-state index contributed by atoms with van der Waals surface area (Å²) in [7, 11) is 0. The molecule has 2 aromatic heterocycles. The van der Waals surface area contributed by atoms with Gasteiger partial charge in [-0.3, -0.25) is 9.78 Å². The number of amides is 1. The quantitative estimate of drug-likeness (QED) is 0.454. The van der Waals surface area contributed by atoms with Crippen LogP contribution in [0.1, 0.15) is 15.9 Å². The molecular formula is C24H21N3O2. The molecule has 0 aliphatic carbocycles. The van der Waals surface area contributed by atoms with E-state index < -0.39 is 0 Å². The fourth-order valence-electron chi connectivity index (χ4n) is 3.16. The summed E-state index contributed by atoms with van der Waals surface area (Å²) in [6, 6.07) is 18.9. The number of fused-ring (bicyclic) bond motifs is 1.